The molecule has 21 heavy (non-hydrogen) atoms. The minimum absolute atomic E-state index is 0.207. The predicted octanol–water partition coefficient (Wildman–Crippen LogP) is 3.40. The number of carbonyl (C=O) groups is 1. The molecule has 0 unspecified atom stereocenters. The van der Waals surface area contributed by atoms with Crippen LogP contribution in [0.5, 0.6) is 0 Å². The Labute approximate surface area is 128 Å². The molecule has 6 heteroatoms. The van der Waals surface area contributed by atoms with Gasteiger partial charge in [-0.15, -0.1) is 0 Å². The lowest BCUT2D eigenvalue weighted by atomic mass is 10.2. The Hall–Kier alpha value is -2.14. The molecule has 0 aliphatic heterocycles. The molecular formula is C15H17ClN2O3. The van der Waals surface area contributed by atoms with E-state index in [2.05, 4.69) is 10.1 Å². The topological polar surface area (TPSA) is 54.7 Å². The molecule has 0 bridgehead atoms. The molecule has 0 saturated carbocycles. The first kappa shape index (κ1) is 15.3. The minimum atomic E-state index is -0.490. The van der Waals surface area contributed by atoms with Gasteiger partial charge < -0.3 is 19.4 Å². The van der Waals surface area contributed by atoms with E-state index in [4.69, 9.17) is 16.0 Å². The summed E-state index contributed by atoms with van der Waals surface area (Å²) in [6, 6.07) is 7.34. The van der Waals surface area contributed by atoms with E-state index in [0.717, 1.165) is 16.9 Å². The molecule has 1 N–H and O–H groups in total. The van der Waals surface area contributed by atoms with Crippen molar-refractivity contribution in [3.63, 3.8) is 0 Å². The third-order valence-electron chi connectivity index (χ3n) is 3.03. The van der Waals surface area contributed by atoms with Gasteiger partial charge >= 0.3 is 5.97 Å². The third kappa shape index (κ3) is 3.49. The van der Waals surface area contributed by atoms with Gasteiger partial charge in [-0.1, -0.05) is 11.6 Å². The van der Waals surface area contributed by atoms with Crippen LogP contribution >= 0.6 is 11.6 Å². The van der Waals surface area contributed by atoms with Crippen molar-refractivity contribution in [3.05, 3.63) is 46.9 Å². The zero-order chi connectivity index (χ0) is 15.4. The zero-order valence-electron chi connectivity index (χ0n) is 12.1. The first-order valence-electron chi connectivity index (χ1n) is 6.38. The molecule has 2 aromatic rings. The lowest BCUT2D eigenvalue weighted by molar-refractivity contribution is 0.0563. The van der Waals surface area contributed by atoms with Crippen LogP contribution in [0.2, 0.25) is 5.02 Å². The van der Waals surface area contributed by atoms with Gasteiger partial charge in [0.15, 0.2) is 0 Å². The summed E-state index contributed by atoms with van der Waals surface area (Å²) in [5.74, 6) is -0.283. The molecule has 0 aliphatic rings. The fourth-order valence-corrected chi connectivity index (χ4v) is 2.15. The molecule has 0 radical (unpaired) electrons. The second kappa shape index (κ2) is 6.54. The van der Waals surface area contributed by atoms with Crippen molar-refractivity contribution in [2.45, 2.75) is 6.54 Å². The van der Waals surface area contributed by atoms with Crippen molar-refractivity contribution in [1.29, 1.82) is 0 Å². The molecule has 1 aromatic heterocycles. The van der Waals surface area contributed by atoms with Crippen molar-refractivity contribution >= 4 is 28.9 Å². The number of anilines is 2. The molecule has 5 nitrogen and oxygen atoms in total. The highest BCUT2D eigenvalue weighted by Crippen LogP contribution is 2.28. The molecule has 0 aliphatic carbocycles. The highest BCUT2D eigenvalue weighted by molar-refractivity contribution is 6.31. The van der Waals surface area contributed by atoms with Crippen LogP contribution in [-0.4, -0.2) is 27.2 Å². The standard InChI is InChI=1S/C15H17ClN2O3/c1-18(2)13-5-4-11(16)8-12(13)17-9-10-6-7-21-14(10)15(19)20-3/h4-8,17H,9H2,1-3H3. The fraction of sp³-hybridized carbons (Fsp3) is 0.267. The molecule has 0 amide bonds. The van der Waals surface area contributed by atoms with Crippen molar-refractivity contribution in [2.75, 3.05) is 31.4 Å². The number of methoxy groups -OCH3 is 1. The normalized spacial score (nSPS) is 10.3. The second-order valence-corrected chi connectivity index (χ2v) is 5.11. The van der Waals surface area contributed by atoms with Crippen LogP contribution in [0.4, 0.5) is 11.4 Å². The van der Waals surface area contributed by atoms with Gasteiger partial charge in [0.25, 0.3) is 0 Å². The number of hydrogen-bond donors (Lipinski definition) is 1. The van der Waals surface area contributed by atoms with Crippen LogP contribution in [0.1, 0.15) is 16.1 Å². The number of esters is 1. The molecule has 0 saturated heterocycles. The first-order valence-corrected chi connectivity index (χ1v) is 6.76. The zero-order valence-corrected chi connectivity index (χ0v) is 12.9. The summed E-state index contributed by atoms with van der Waals surface area (Å²) >= 11 is 6.04. The van der Waals surface area contributed by atoms with E-state index >= 15 is 0 Å². The molecular weight excluding hydrogens is 292 g/mol. The third-order valence-corrected chi connectivity index (χ3v) is 3.26. The number of rotatable bonds is 5. The number of furan rings is 1. The van der Waals surface area contributed by atoms with Gasteiger partial charge in [0.2, 0.25) is 5.76 Å². The molecule has 0 spiro atoms. The quantitative estimate of drug-likeness (QED) is 0.858. The van der Waals surface area contributed by atoms with E-state index in [9.17, 15) is 4.79 Å². The van der Waals surface area contributed by atoms with E-state index in [1.54, 1.807) is 6.07 Å². The molecule has 1 heterocycles. The van der Waals surface area contributed by atoms with E-state index in [-0.39, 0.29) is 5.76 Å². The summed E-state index contributed by atoms with van der Waals surface area (Å²) < 4.78 is 9.83. The van der Waals surface area contributed by atoms with Crippen LogP contribution in [0, 0.1) is 0 Å². The molecule has 0 atom stereocenters. The lowest BCUT2D eigenvalue weighted by Crippen LogP contribution is -2.13. The number of halogens is 1. The SMILES string of the molecule is COC(=O)c1occc1CNc1cc(Cl)ccc1N(C)C. The van der Waals surface area contributed by atoms with Gasteiger partial charge in [-0.05, 0) is 24.3 Å². The number of benzene rings is 1. The van der Waals surface area contributed by atoms with Crippen molar-refractivity contribution in [2.24, 2.45) is 0 Å². The highest BCUT2D eigenvalue weighted by Gasteiger charge is 2.16. The van der Waals surface area contributed by atoms with Gasteiger partial charge in [-0.2, -0.15) is 0 Å². The Bertz CT molecular complexity index is 638. The van der Waals surface area contributed by atoms with Gasteiger partial charge in [0.1, 0.15) is 0 Å². The van der Waals surface area contributed by atoms with Crippen molar-refractivity contribution in [3.8, 4) is 0 Å². The Morgan fingerprint density at radius 3 is 2.81 bits per heavy atom. The average Bonchev–Trinajstić information content (AvgIpc) is 2.92. The smallest absolute Gasteiger partial charge is 0.374 e. The molecule has 2 rings (SSSR count). The summed E-state index contributed by atoms with van der Waals surface area (Å²) in [7, 11) is 5.22. The van der Waals surface area contributed by atoms with Crippen LogP contribution in [0.15, 0.2) is 34.9 Å². The van der Waals surface area contributed by atoms with E-state index < -0.39 is 5.97 Å². The number of carbonyl (C=O) groups excluding carboxylic acids is 1. The second-order valence-electron chi connectivity index (χ2n) is 4.68. The average molecular weight is 309 g/mol. The number of ether oxygens (including phenoxy) is 1. The van der Waals surface area contributed by atoms with Gasteiger partial charge in [0.05, 0.1) is 24.7 Å². The van der Waals surface area contributed by atoms with Gasteiger partial charge in [-0.3, -0.25) is 0 Å². The van der Waals surface area contributed by atoms with E-state index in [1.807, 2.05) is 37.2 Å². The van der Waals surface area contributed by atoms with Gasteiger partial charge in [-0.25, -0.2) is 4.79 Å². The predicted molar refractivity (Wildman–Crippen MR) is 83.2 cm³/mol. The highest BCUT2D eigenvalue weighted by atomic mass is 35.5. The summed E-state index contributed by atoms with van der Waals surface area (Å²) in [6.45, 7) is 0.433. The lowest BCUT2D eigenvalue weighted by Gasteiger charge is -2.18. The first-order chi connectivity index (χ1) is 10.0. The minimum Gasteiger partial charge on any atom is -0.463 e. The van der Waals surface area contributed by atoms with Crippen molar-refractivity contribution < 1.29 is 13.9 Å². The maximum Gasteiger partial charge on any atom is 0.374 e. The van der Waals surface area contributed by atoms with E-state index in [0.29, 0.717) is 11.6 Å². The maximum atomic E-state index is 11.6. The molecule has 1 aromatic carbocycles. The van der Waals surface area contributed by atoms with Gasteiger partial charge in [0, 0.05) is 31.2 Å². The molecule has 0 fully saturated rings. The Morgan fingerprint density at radius 2 is 2.14 bits per heavy atom. The summed E-state index contributed by atoms with van der Waals surface area (Å²) in [5.41, 5.74) is 2.61. The maximum absolute atomic E-state index is 11.6. The summed E-state index contributed by atoms with van der Waals surface area (Å²) in [5, 5.41) is 3.91. The van der Waals surface area contributed by atoms with Crippen LogP contribution in [0.25, 0.3) is 0 Å². The van der Waals surface area contributed by atoms with E-state index in [1.165, 1.54) is 13.4 Å². The fourth-order valence-electron chi connectivity index (χ4n) is 1.98. The molecule has 112 valence electrons. The number of nitrogens with zero attached hydrogens (tertiary/aromatic N) is 1. The van der Waals surface area contributed by atoms with Crippen molar-refractivity contribution in [1.82, 2.24) is 0 Å². The Morgan fingerprint density at radius 1 is 1.38 bits per heavy atom. The largest absolute Gasteiger partial charge is 0.463 e. The van der Waals surface area contributed by atoms with Crippen LogP contribution < -0.4 is 10.2 Å². The Kier molecular flexibility index (Phi) is 4.75. The summed E-state index contributed by atoms with van der Waals surface area (Å²) in [6.07, 6.45) is 1.47. The summed E-state index contributed by atoms with van der Waals surface area (Å²) in [4.78, 5) is 13.5. The number of nitrogens with one attached hydrogen (secondary N) is 1. The van der Waals surface area contributed by atoms with Crippen LogP contribution in [-0.2, 0) is 11.3 Å². The monoisotopic (exact) mass is 308 g/mol. The van der Waals surface area contributed by atoms with Crippen LogP contribution in [0.3, 0.4) is 0 Å². The number of hydrogen-bond acceptors (Lipinski definition) is 5. The Balaban J connectivity index is 2.19.